The highest BCUT2D eigenvalue weighted by atomic mass is 16.6. The van der Waals surface area contributed by atoms with Crippen molar-refractivity contribution in [3.63, 3.8) is 0 Å². The molecule has 0 aliphatic carbocycles. The Morgan fingerprint density at radius 1 is 0.946 bits per heavy atom. The Hall–Kier alpha value is -3.66. The summed E-state index contributed by atoms with van der Waals surface area (Å²) in [6.45, 7) is 3.72. The van der Waals surface area contributed by atoms with Gasteiger partial charge in [-0.15, -0.1) is 0 Å². The van der Waals surface area contributed by atoms with Crippen LogP contribution in [0.25, 0.3) is 0 Å². The molecular formula is C27H34N2O8. The Morgan fingerprint density at radius 2 is 1.54 bits per heavy atom. The highest BCUT2D eigenvalue weighted by Gasteiger charge is 2.50. The second kappa shape index (κ2) is 10.8. The van der Waals surface area contributed by atoms with Gasteiger partial charge in [-0.05, 0) is 61.2 Å². The minimum atomic E-state index is -1.27. The average Bonchev–Trinajstić information content (AvgIpc) is 2.89. The van der Waals surface area contributed by atoms with Crippen molar-refractivity contribution in [1.82, 2.24) is 9.80 Å². The number of methoxy groups -OCH3 is 4. The van der Waals surface area contributed by atoms with Crippen molar-refractivity contribution in [2.75, 3.05) is 28.4 Å². The van der Waals surface area contributed by atoms with E-state index in [1.54, 1.807) is 52.2 Å². The molecule has 37 heavy (non-hydrogen) atoms. The van der Waals surface area contributed by atoms with Gasteiger partial charge in [0.1, 0.15) is 6.04 Å². The number of fused-ring (bicyclic) bond motifs is 2. The van der Waals surface area contributed by atoms with Gasteiger partial charge in [0, 0.05) is 13.0 Å². The van der Waals surface area contributed by atoms with Gasteiger partial charge >= 0.3 is 6.09 Å². The molecule has 2 aliphatic rings. The lowest BCUT2D eigenvalue weighted by atomic mass is 9.88. The molecule has 1 N–H and O–H groups in total. The zero-order valence-electron chi connectivity index (χ0n) is 22.0. The summed E-state index contributed by atoms with van der Waals surface area (Å²) in [7, 11) is 6.19. The van der Waals surface area contributed by atoms with Crippen LogP contribution in [0, 0.1) is 0 Å². The van der Waals surface area contributed by atoms with Crippen LogP contribution in [-0.2, 0) is 28.9 Å². The normalized spacial score (nSPS) is 20.8. The number of amides is 2. The number of ether oxygens (including phenoxy) is 5. The van der Waals surface area contributed by atoms with E-state index in [0.29, 0.717) is 29.4 Å². The average molecular weight is 515 g/mol. The number of carbonyl (C=O) groups is 2. The van der Waals surface area contributed by atoms with Crippen LogP contribution >= 0.6 is 0 Å². The van der Waals surface area contributed by atoms with E-state index < -0.39 is 30.5 Å². The molecule has 0 spiro atoms. The molecule has 3 atom stereocenters. The van der Waals surface area contributed by atoms with Crippen molar-refractivity contribution in [3.8, 4) is 23.0 Å². The van der Waals surface area contributed by atoms with Crippen LogP contribution in [0.2, 0.25) is 0 Å². The summed E-state index contributed by atoms with van der Waals surface area (Å²) >= 11 is 0. The van der Waals surface area contributed by atoms with Crippen LogP contribution in [0.3, 0.4) is 0 Å². The molecule has 1 fully saturated rings. The number of aliphatic hydroxyl groups excluding tert-OH is 1. The zero-order valence-corrected chi connectivity index (χ0v) is 22.0. The van der Waals surface area contributed by atoms with E-state index in [9.17, 15) is 14.7 Å². The van der Waals surface area contributed by atoms with Gasteiger partial charge in [0.25, 0.3) is 0 Å². The summed E-state index contributed by atoms with van der Waals surface area (Å²) in [6, 6.07) is 7.41. The molecule has 2 aromatic carbocycles. The minimum Gasteiger partial charge on any atom is -0.493 e. The smallest absolute Gasteiger partial charge is 0.412 e. The quantitative estimate of drug-likeness (QED) is 0.601. The number of hydrogen-bond donors (Lipinski definition) is 1. The second-order valence-corrected chi connectivity index (χ2v) is 9.38. The van der Waals surface area contributed by atoms with Gasteiger partial charge in [-0.2, -0.15) is 0 Å². The van der Waals surface area contributed by atoms with E-state index in [0.717, 1.165) is 16.7 Å². The molecule has 10 heteroatoms. The predicted molar refractivity (Wildman–Crippen MR) is 134 cm³/mol. The third-order valence-corrected chi connectivity index (χ3v) is 6.83. The number of hydrogen-bond acceptors (Lipinski definition) is 8. The first-order valence-electron chi connectivity index (χ1n) is 12.1. The Labute approximate surface area is 216 Å². The molecule has 0 radical (unpaired) electrons. The number of rotatable bonds is 7. The van der Waals surface area contributed by atoms with Gasteiger partial charge in [-0.25, -0.2) is 4.79 Å². The summed E-state index contributed by atoms with van der Waals surface area (Å²) < 4.78 is 27.1. The second-order valence-electron chi connectivity index (χ2n) is 9.38. The number of piperazine rings is 1. The summed E-state index contributed by atoms with van der Waals surface area (Å²) in [6.07, 6.45) is -1.92. The first kappa shape index (κ1) is 26.4. The maximum Gasteiger partial charge on any atom is 0.412 e. The molecule has 1 saturated heterocycles. The van der Waals surface area contributed by atoms with Crippen molar-refractivity contribution in [3.05, 3.63) is 47.0 Å². The maximum atomic E-state index is 13.9. The monoisotopic (exact) mass is 514 g/mol. The number of aliphatic hydroxyl groups is 1. The van der Waals surface area contributed by atoms with E-state index in [2.05, 4.69) is 0 Å². The SMILES string of the molecule is COc1ccc(C[C@H]2C(=O)N3Cc4cc(OC)c(OC)cc4C[C@H]3C(O)N2C(=O)OC(C)C)cc1OC. The third kappa shape index (κ3) is 4.98. The topological polar surface area (TPSA) is 107 Å². The largest absolute Gasteiger partial charge is 0.493 e. The summed E-state index contributed by atoms with van der Waals surface area (Å²) in [5.41, 5.74) is 2.56. The summed E-state index contributed by atoms with van der Waals surface area (Å²) in [4.78, 5) is 29.9. The molecule has 2 aliphatic heterocycles. The van der Waals surface area contributed by atoms with Crippen molar-refractivity contribution in [2.45, 2.75) is 57.6 Å². The zero-order chi connectivity index (χ0) is 26.9. The number of benzene rings is 2. The molecule has 0 aromatic heterocycles. The van der Waals surface area contributed by atoms with Crippen LogP contribution in [0.5, 0.6) is 23.0 Å². The van der Waals surface area contributed by atoms with E-state index in [-0.39, 0.29) is 18.9 Å². The van der Waals surface area contributed by atoms with E-state index in [4.69, 9.17) is 23.7 Å². The van der Waals surface area contributed by atoms with Crippen molar-refractivity contribution < 1.29 is 38.4 Å². The van der Waals surface area contributed by atoms with Crippen LogP contribution in [0.1, 0.15) is 30.5 Å². The van der Waals surface area contributed by atoms with Crippen molar-refractivity contribution in [2.24, 2.45) is 0 Å². The molecule has 10 nitrogen and oxygen atoms in total. The summed E-state index contributed by atoms with van der Waals surface area (Å²) in [5, 5.41) is 11.5. The highest BCUT2D eigenvalue weighted by molar-refractivity contribution is 5.88. The molecule has 200 valence electrons. The maximum absolute atomic E-state index is 13.9. The van der Waals surface area contributed by atoms with E-state index in [1.807, 2.05) is 18.2 Å². The van der Waals surface area contributed by atoms with Gasteiger partial charge in [-0.3, -0.25) is 9.69 Å². The number of nitrogens with zero attached hydrogens (tertiary/aromatic N) is 2. The Kier molecular flexibility index (Phi) is 7.68. The van der Waals surface area contributed by atoms with Gasteiger partial charge in [-0.1, -0.05) is 6.07 Å². The van der Waals surface area contributed by atoms with Crippen LogP contribution in [-0.4, -0.2) is 79.8 Å². The standard InChI is InChI=1S/C27H34N2O8/c1-15(2)37-27(32)29-20(9-16-7-8-21(33-3)22(10-16)34-4)25(30)28-14-18-13-24(36-6)23(35-5)12-17(18)11-19(28)26(29)31/h7-8,10,12-13,15,19-20,26,31H,9,11,14H2,1-6H3/t19-,20-,26?/m0/s1. The molecule has 2 aromatic rings. The van der Waals surface area contributed by atoms with Crippen LogP contribution in [0.15, 0.2) is 30.3 Å². The summed E-state index contributed by atoms with van der Waals surface area (Å²) in [5.74, 6) is 1.91. The fourth-order valence-electron chi connectivity index (χ4n) is 5.04. The molecular weight excluding hydrogens is 480 g/mol. The molecule has 0 saturated carbocycles. The van der Waals surface area contributed by atoms with Gasteiger partial charge in [0.2, 0.25) is 5.91 Å². The first-order chi connectivity index (χ1) is 17.7. The molecule has 1 unspecified atom stereocenters. The fraction of sp³-hybridized carbons (Fsp3) is 0.481. The van der Waals surface area contributed by atoms with E-state index >= 15 is 0 Å². The van der Waals surface area contributed by atoms with Gasteiger partial charge in [0.15, 0.2) is 29.2 Å². The Balaban J connectivity index is 1.72. The minimum absolute atomic E-state index is 0.158. The molecule has 2 heterocycles. The molecule has 4 rings (SSSR count). The first-order valence-corrected chi connectivity index (χ1v) is 12.1. The molecule has 2 amide bonds. The lowest BCUT2D eigenvalue weighted by molar-refractivity contribution is -0.168. The lowest BCUT2D eigenvalue weighted by Crippen LogP contribution is -2.69. The van der Waals surface area contributed by atoms with Crippen LogP contribution < -0.4 is 18.9 Å². The highest BCUT2D eigenvalue weighted by Crippen LogP contribution is 2.38. The third-order valence-electron chi connectivity index (χ3n) is 6.83. The number of carbonyl (C=O) groups excluding carboxylic acids is 2. The van der Waals surface area contributed by atoms with Crippen molar-refractivity contribution in [1.29, 1.82) is 0 Å². The van der Waals surface area contributed by atoms with Gasteiger partial charge in [0.05, 0.1) is 40.6 Å². The Morgan fingerprint density at radius 3 is 2.14 bits per heavy atom. The lowest BCUT2D eigenvalue weighted by Gasteiger charge is -2.50. The predicted octanol–water partition coefficient (Wildman–Crippen LogP) is 2.76. The fourth-order valence-corrected chi connectivity index (χ4v) is 5.04. The van der Waals surface area contributed by atoms with Crippen molar-refractivity contribution >= 4 is 12.0 Å². The molecule has 0 bridgehead atoms. The van der Waals surface area contributed by atoms with Crippen LogP contribution in [0.4, 0.5) is 4.79 Å². The van der Waals surface area contributed by atoms with Gasteiger partial charge < -0.3 is 33.7 Å². The van der Waals surface area contributed by atoms with E-state index in [1.165, 1.54) is 12.0 Å². The Bertz CT molecular complexity index is 1170.